The summed E-state index contributed by atoms with van der Waals surface area (Å²) in [5, 5.41) is 0.439. The summed E-state index contributed by atoms with van der Waals surface area (Å²) < 4.78 is 5.55. The van der Waals surface area contributed by atoms with Gasteiger partial charge in [0.1, 0.15) is 0 Å². The standard InChI is InChI=1S/C13H17ClN2O2/c1-2-10-8-16(5-6-18-10)13(17)11-7-9(15)3-4-12(11)14/h3-4,7,10H,2,5-6,8,15H2,1H3. The Morgan fingerprint density at radius 3 is 3.11 bits per heavy atom. The van der Waals surface area contributed by atoms with Crippen LogP contribution < -0.4 is 5.73 Å². The quantitative estimate of drug-likeness (QED) is 0.837. The maximum atomic E-state index is 12.4. The molecule has 0 bridgehead atoms. The molecule has 0 aliphatic carbocycles. The van der Waals surface area contributed by atoms with Crippen LogP contribution in [-0.4, -0.2) is 36.6 Å². The van der Waals surface area contributed by atoms with E-state index in [0.29, 0.717) is 36.0 Å². The topological polar surface area (TPSA) is 55.6 Å². The molecule has 1 amide bonds. The van der Waals surface area contributed by atoms with Gasteiger partial charge in [-0.15, -0.1) is 0 Å². The summed E-state index contributed by atoms with van der Waals surface area (Å²) in [6.45, 7) is 3.83. The molecular formula is C13H17ClN2O2. The van der Waals surface area contributed by atoms with Crippen LogP contribution in [-0.2, 0) is 4.74 Å². The molecule has 18 heavy (non-hydrogen) atoms. The van der Waals surface area contributed by atoms with Gasteiger partial charge in [-0.1, -0.05) is 18.5 Å². The number of nitrogen functional groups attached to an aromatic ring is 1. The van der Waals surface area contributed by atoms with Gasteiger partial charge in [0.15, 0.2) is 0 Å². The number of nitrogens with two attached hydrogens (primary N) is 1. The summed E-state index contributed by atoms with van der Waals surface area (Å²) in [5.74, 6) is -0.0750. The first-order chi connectivity index (χ1) is 8.61. The maximum absolute atomic E-state index is 12.4. The van der Waals surface area contributed by atoms with Gasteiger partial charge < -0.3 is 15.4 Å². The second kappa shape index (κ2) is 5.59. The van der Waals surface area contributed by atoms with E-state index in [4.69, 9.17) is 22.1 Å². The van der Waals surface area contributed by atoms with Crippen LogP contribution >= 0.6 is 11.6 Å². The number of morpholine rings is 1. The van der Waals surface area contributed by atoms with Crippen molar-refractivity contribution in [3.63, 3.8) is 0 Å². The molecule has 0 radical (unpaired) electrons. The summed E-state index contributed by atoms with van der Waals surface area (Å²) in [7, 11) is 0. The minimum absolute atomic E-state index is 0.0750. The molecule has 98 valence electrons. The molecule has 5 heteroatoms. The summed E-state index contributed by atoms with van der Waals surface area (Å²) in [4.78, 5) is 14.1. The number of halogens is 1. The maximum Gasteiger partial charge on any atom is 0.255 e. The van der Waals surface area contributed by atoms with E-state index < -0.39 is 0 Å². The molecule has 4 nitrogen and oxygen atoms in total. The lowest BCUT2D eigenvalue weighted by atomic mass is 10.1. The summed E-state index contributed by atoms with van der Waals surface area (Å²) >= 11 is 6.05. The minimum atomic E-state index is -0.0750. The number of amides is 1. The van der Waals surface area contributed by atoms with Crippen molar-refractivity contribution in [2.24, 2.45) is 0 Å². The van der Waals surface area contributed by atoms with Gasteiger partial charge in [-0.3, -0.25) is 4.79 Å². The molecule has 1 unspecified atom stereocenters. The number of benzene rings is 1. The molecule has 1 aliphatic rings. The molecule has 0 saturated carbocycles. The number of anilines is 1. The fraction of sp³-hybridized carbons (Fsp3) is 0.462. The number of hydrogen-bond donors (Lipinski definition) is 1. The highest BCUT2D eigenvalue weighted by Crippen LogP contribution is 2.22. The normalized spacial score (nSPS) is 19.9. The number of nitrogens with zero attached hydrogens (tertiary/aromatic N) is 1. The van der Waals surface area contributed by atoms with Gasteiger partial charge in [0.2, 0.25) is 0 Å². The monoisotopic (exact) mass is 268 g/mol. The Hall–Kier alpha value is -1.26. The van der Waals surface area contributed by atoms with Crippen molar-refractivity contribution < 1.29 is 9.53 Å². The first-order valence-electron chi connectivity index (χ1n) is 6.07. The molecule has 1 fully saturated rings. The van der Waals surface area contributed by atoms with Gasteiger partial charge in [0.05, 0.1) is 23.3 Å². The van der Waals surface area contributed by atoms with E-state index >= 15 is 0 Å². The van der Waals surface area contributed by atoms with Crippen LogP contribution in [0, 0.1) is 0 Å². The largest absolute Gasteiger partial charge is 0.399 e. The average molecular weight is 269 g/mol. The van der Waals surface area contributed by atoms with Gasteiger partial charge in [0.25, 0.3) is 5.91 Å². The lowest BCUT2D eigenvalue weighted by Crippen LogP contribution is -2.45. The minimum Gasteiger partial charge on any atom is -0.399 e. The van der Waals surface area contributed by atoms with Gasteiger partial charge in [0, 0.05) is 18.8 Å². The smallest absolute Gasteiger partial charge is 0.255 e. The first kappa shape index (κ1) is 13.2. The predicted molar refractivity (Wildman–Crippen MR) is 71.8 cm³/mol. The Balaban J connectivity index is 2.17. The van der Waals surface area contributed by atoms with Crippen LogP contribution in [0.15, 0.2) is 18.2 Å². The Labute approximate surface area is 112 Å². The van der Waals surface area contributed by atoms with Crippen LogP contribution in [0.4, 0.5) is 5.69 Å². The SMILES string of the molecule is CCC1CN(C(=O)c2cc(N)ccc2Cl)CCO1. The fourth-order valence-corrected chi connectivity index (χ4v) is 2.23. The van der Waals surface area contributed by atoms with E-state index in [9.17, 15) is 4.79 Å². The van der Waals surface area contributed by atoms with E-state index in [1.165, 1.54) is 0 Å². The molecule has 0 spiro atoms. The van der Waals surface area contributed by atoms with Crippen molar-refractivity contribution in [3.8, 4) is 0 Å². The van der Waals surface area contributed by atoms with E-state index in [1.807, 2.05) is 6.92 Å². The number of hydrogen-bond acceptors (Lipinski definition) is 3. The third-order valence-electron chi connectivity index (χ3n) is 3.10. The number of ether oxygens (including phenoxy) is 1. The second-order valence-corrected chi connectivity index (χ2v) is 4.80. The highest BCUT2D eigenvalue weighted by atomic mass is 35.5. The Bertz CT molecular complexity index is 451. The lowest BCUT2D eigenvalue weighted by molar-refractivity contribution is -0.0226. The van der Waals surface area contributed by atoms with Gasteiger partial charge >= 0.3 is 0 Å². The number of carbonyl (C=O) groups is 1. The molecule has 2 N–H and O–H groups in total. The zero-order valence-corrected chi connectivity index (χ0v) is 11.1. The van der Waals surface area contributed by atoms with Crippen molar-refractivity contribution in [1.29, 1.82) is 0 Å². The van der Waals surface area contributed by atoms with Crippen molar-refractivity contribution in [2.45, 2.75) is 19.4 Å². The van der Waals surface area contributed by atoms with E-state index in [2.05, 4.69) is 0 Å². The summed E-state index contributed by atoms with van der Waals surface area (Å²) in [6, 6.07) is 4.97. The molecule has 1 aromatic rings. The van der Waals surface area contributed by atoms with Crippen LogP contribution in [0.3, 0.4) is 0 Å². The first-order valence-corrected chi connectivity index (χ1v) is 6.45. The predicted octanol–water partition coefficient (Wildman–Crippen LogP) is 2.17. The third kappa shape index (κ3) is 2.76. The van der Waals surface area contributed by atoms with E-state index in [-0.39, 0.29) is 12.0 Å². The second-order valence-electron chi connectivity index (χ2n) is 4.39. The Morgan fingerprint density at radius 2 is 2.39 bits per heavy atom. The molecule has 1 atom stereocenters. The molecular weight excluding hydrogens is 252 g/mol. The van der Waals surface area contributed by atoms with Crippen LogP contribution in [0.25, 0.3) is 0 Å². The zero-order chi connectivity index (χ0) is 13.1. The lowest BCUT2D eigenvalue weighted by Gasteiger charge is -2.32. The summed E-state index contributed by atoms with van der Waals surface area (Å²) in [6.07, 6.45) is 1.01. The highest BCUT2D eigenvalue weighted by Gasteiger charge is 2.25. The molecule has 1 saturated heterocycles. The van der Waals surface area contributed by atoms with Crippen LogP contribution in [0.5, 0.6) is 0 Å². The van der Waals surface area contributed by atoms with Crippen molar-refractivity contribution in [1.82, 2.24) is 4.90 Å². The van der Waals surface area contributed by atoms with Gasteiger partial charge in [-0.25, -0.2) is 0 Å². The fourth-order valence-electron chi connectivity index (χ4n) is 2.03. The van der Waals surface area contributed by atoms with E-state index in [1.54, 1.807) is 23.1 Å². The highest BCUT2D eigenvalue weighted by molar-refractivity contribution is 6.34. The molecule has 0 aromatic heterocycles. The molecule has 1 aromatic carbocycles. The van der Waals surface area contributed by atoms with Crippen LogP contribution in [0.1, 0.15) is 23.7 Å². The van der Waals surface area contributed by atoms with Gasteiger partial charge in [-0.2, -0.15) is 0 Å². The van der Waals surface area contributed by atoms with E-state index in [0.717, 1.165) is 6.42 Å². The molecule has 1 heterocycles. The van der Waals surface area contributed by atoms with Crippen molar-refractivity contribution >= 4 is 23.2 Å². The Kier molecular flexibility index (Phi) is 4.09. The van der Waals surface area contributed by atoms with Gasteiger partial charge in [-0.05, 0) is 24.6 Å². The molecule has 1 aliphatic heterocycles. The zero-order valence-electron chi connectivity index (χ0n) is 10.4. The average Bonchev–Trinajstić information content (AvgIpc) is 2.41. The number of rotatable bonds is 2. The Morgan fingerprint density at radius 1 is 1.61 bits per heavy atom. The van der Waals surface area contributed by atoms with Crippen molar-refractivity contribution in [3.05, 3.63) is 28.8 Å². The summed E-state index contributed by atoms with van der Waals surface area (Å²) in [5.41, 5.74) is 6.70. The molecule has 2 rings (SSSR count). The third-order valence-corrected chi connectivity index (χ3v) is 3.43. The number of carbonyl (C=O) groups excluding carboxylic acids is 1. The van der Waals surface area contributed by atoms with Crippen LogP contribution in [0.2, 0.25) is 5.02 Å². The van der Waals surface area contributed by atoms with Crippen molar-refractivity contribution in [2.75, 3.05) is 25.4 Å².